The van der Waals surface area contributed by atoms with Crippen LogP contribution < -0.4 is 9.47 Å². The van der Waals surface area contributed by atoms with E-state index in [-0.39, 0.29) is 17.4 Å². The molecule has 0 aromatic heterocycles. The van der Waals surface area contributed by atoms with E-state index in [1.807, 2.05) is 48.5 Å². The summed E-state index contributed by atoms with van der Waals surface area (Å²) in [5, 5.41) is 0. The lowest BCUT2D eigenvalue weighted by atomic mass is 9.70. The lowest BCUT2D eigenvalue weighted by molar-refractivity contribution is -0.134. The van der Waals surface area contributed by atoms with Gasteiger partial charge in [-0.25, -0.2) is 0 Å². The minimum absolute atomic E-state index is 0.245. The second-order valence-corrected chi connectivity index (χ2v) is 7.77. The summed E-state index contributed by atoms with van der Waals surface area (Å²) >= 11 is 0. The average molecular weight is 415 g/mol. The van der Waals surface area contributed by atoms with Crippen molar-refractivity contribution >= 4 is 11.9 Å². The predicted octanol–water partition coefficient (Wildman–Crippen LogP) is 5.60. The molecule has 0 N–H and O–H groups in total. The molecule has 31 heavy (non-hydrogen) atoms. The van der Waals surface area contributed by atoms with Crippen LogP contribution in [-0.4, -0.2) is 11.9 Å². The summed E-state index contributed by atoms with van der Waals surface area (Å²) in [7, 11) is 0. The molecular formula is C27H26O4. The molecule has 0 fully saturated rings. The van der Waals surface area contributed by atoms with Crippen molar-refractivity contribution in [1.82, 2.24) is 0 Å². The first kappa shape index (κ1) is 20.9. The minimum Gasteiger partial charge on any atom is -0.427 e. The van der Waals surface area contributed by atoms with Gasteiger partial charge in [-0.1, -0.05) is 62.4 Å². The van der Waals surface area contributed by atoms with Gasteiger partial charge in [-0.15, -0.1) is 0 Å². The van der Waals surface area contributed by atoms with E-state index in [1.54, 1.807) is 13.8 Å². The number of fused-ring (bicyclic) bond motifs is 1. The Hall–Kier alpha value is -3.40. The maximum absolute atomic E-state index is 11.6. The highest BCUT2D eigenvalue weighted by Gasteiger charge is 2.41. The number of ether oxygens (including phenoxy) is 2. The molecule has 1 aliphatic carbocycles. The summed E-state index contributed by atoms with van der Waals surface area (Å²) in [6.07, 6.45) is 2.60. The number of benzene rings is 3. The molecule has 0 saturated carbocycles. The molecule has 0 saturated heterocycles. The number of esters is 2. The molecule has 0 aliphatic heterocycles. The molecule has 4 heteroatoms. The predicted molar refractivity (Wildman–Crippen MR) is 119 cm³/mol. The minimum atomic E-state index is -0.308. The molecule has 4 rings (SSSR count). The Labute approximate surface area is 182 Å². The van der Waals surface area contributed by atoms with Crippen LogP contribution in [0.5, 0.6) is 11.5 Å². The van der Waals surface area contributed by atoms with E-state index in [9.17, 15) is 9.59 Å². The lowest BCUT2D eigenvalue weighted by Gasteiger charge is -2.32. The van der Waals surface area contributed by atoms with E-state index in [0.29, 0.717) is 24.3 Å². The third-order valence-corrected chi connectivity index (χ3v) is 5.98. The zero-order valence-electron chi connectivity index (χ0n) is 17.9. The summed E-state index contributed by atoms with van der Waals surface area (Å²) in [6, 6.07) is 24.2. The van der Waals surface area contributed by atoms with Gasteiger partial charge in [-0.2, -0.15) is 0 Å². The quantitative estimate of drug-likeness (QED) is 0.389. The average Bonchev–Trinajstić information content (AvgIpc) is 3.20. The number of hydrogen-bond donors (Lipinski definition) is 0. The SMILES string of the molecule is CCC(=O)Oc1ccc(C2(c3ccc(OC(=O)CC)cc3)CCc3ccccc32)cc1. The molecule has 158 valence electrons. The molecule has 0 heterocycles. The second-order valence-electron chi connectivity index (χ2n) is 7.77. The van der Waals surface area contributed by atoms with E-state index in [2.05, 4.69) is 24.3 Å². The Balaban J connectivity index is 1.76. The fourth-order valence-corrected chi connectivity index (χ4v) is 4.40. The van der Waals surface area contributed by atoms with Gasteiger partial charge in [0.2, 0.25) is 0 Å². The Bertz CT molecular complexity index is 1020. The van der Waals surface area contributed by atoms with Crippen LogP contribution in [-0.2, 0) is 21.4 Å². The van der Waals surface area contributed by atoms with Crippen molar-refractivity contribution in [2.24, 2.45) is 0 Å². The van der Waals surface area contributed by atoms with Crippen molar-refractivity contribution in [3.05, 3.63) is 95.1 Å². The van der Waals surface area contributed by atoms with Crippen molar-refractivity contribution in [2.75, 3.05) is 0 Å². The first-order valence-electron chi connectivity index (χ1n) is 10.8. The Morgan fingerprint density at radius 2 is 1.23 bits per heavy atom. The maximum atomic E-state index is 11.6. The molecule has 4 nitrogen and oxygen atoms in total. The smallest absolute Gasteiger partial charge is 0.310 e. The van der Waals surface area contributed by atoms with Gasteiger partial charge in [-0.3, -0.25) is 9.59 Å². The molecule has 3 aromatic rings. The van der Waals surface area contributed by atoms with Gasteiger partial charge in [0.25, 0.3) is 0 Å². The van der Waals surface area contributed by atoms with Crippen molar-refractivity contribution in [1.29, 1.82) is 0 Å². The van der Waals surface area contributed by atoms with E-state index in [1.165, 1.54) is 11.1 Å². The number of carbonyl (C=O) groups excluding carboxylic acids is 2. The van der Waals surface area contributed by atoms with Crippen molar-refractivity contribution in [3.8, 4) is 11.5 Å². The zero-order chi connectivity index (χ0) is 21.8. The Morgan fingerprint density at radius 1 is 0.742 bits per heavy atom. The van der Waals surface area contributed by atoms with Crippen LogP contribution in [0, 0.1) is 0 Å². The number of carbonyl (C=O) groups is 2. The van der Waals surface area contributed by atoms with Gasteiger partial charge in [-0.05, 0) is 59.4 Å². The molecule has 1 aliphatic rings. The van der Waals surface area contributed by atoms with Crippen LogP contribution in [0.15, 0.2) is 72.8 Å². The Morgan fingerprint density at radius 3 is 1.71 bits per heavy atom. The first-order valence-corrected chi connectivity index (χ1v) is 10.8. The summed E-state index contributed by atoms with van der Waals surface area (Å²) in [5.74, 6) is 0.620. The summed E-state index contributed by atoms with van der Waals surface area (Å²) < 4.78 is 10.7. The molecule has 0 bridgehead atoms. The van der Waals surface area contributed by atoms with Gasteiger partial charge in [0, 0.05) is 18.3 Å². The standard InChI is InChI=1S/C27H26O4/c1-3-25(28)30-22-13-9-20(10-14-22)27(18-17-19-7-5-6-8-24(19)27)21-11-15-23(16-12-21)31-26(29)4-2/h5-16H,3-4,17-18H2,1-2H3. The number of aryl methyl sites for hydroxylation is 1. The number of hydrogen-bond acceptors (Lipinski definition) is 4. The van der Waals surface area contributed by atoms with Crippen LogP contribution in [0.25, 0.3) is 0 Å². The molecule has 0 amide bonds. The molecule has 0 radical (unpaired) electrons. The first-order chi connectivity index (χ1) is 15.1. The van der Waals surface area contributed by atoms with E-state index < -0.39 is 0 Å². The highest BCUT2D eigenvalue weighted by molar-refractivity contribution is 5.72. The monoisotopic (exact) mass is 414 g/mol. The van der Waals surface area contributed by atoms with E-state index >= 15 is 0 Å². The number of rotatable bonds is 6. The van der Waals surface area contributed by atoms with Gasteiger partial charge in [0.15, 0.2) is 0 Å². The van der Waals surface area contributed by atoms with Crippen LogP contribution in [0.1, 0.15) is 55.4 Å². The van der Waals surface area contributed by atoms with Crippen molar-refractivity contribution in [3.63, 3.8) is 0 Å². The van der Waals surface area contributed by atoms with Crippen LogP contribution in [0.2, 0.25) is 0 Å². The summed E-state index contributed by atoms with van der Waals surface area (Å²) in [4.78, 5) is 23.3. The van der Waals surface area contributed by atoms with Gasteiger partial charge < -0.3 is 9.47 Å². The van der Waals surface area contributed by atoms with Crippen molar-refractivity contribution < 1.29 is 19.1 Å². The highest BCUT2D eigenvalue weighted by atomic mass is 16.5. The maximum Gasteiger partial charge on any atom is 0.310 e. The summed E-state index contributed by atoms with van der Waals surface area (Å²) in [6.45, 7) is 3.56. The normalized spacial score (nSPS) is 14.0. The Kier molecular flexibility index (Phi) is 5.90. The molecule has 0 unspecified atom stereocenters. The second kappa shape index (κ2) is 8.76. The fourth-order valence-electron chi connectivity index (χ4n) is 4.40. The largest absolute Gasteiger partial charge is 0.427 e. The lowest BCUT2D eigenvalue weighted by Crippen LogP contribution is -2.26. The summed E-state index contributed by atoms with van der Waals surface area (Å²) in [5.41, 5.74) is 4.60. The molecular weight excluding hydrogens is 388 g/mol. The zero-order valence-corrected chi connectivity index (χ0v) is 17.9. The molecule has 0 spiro atoms. The topological polar surface area (TPSA) is 52.6 Å². The third kappa shape index (κ3) is 3.98. The fraction of sp³-hybridized carbons (Fsp3) is 0.259. The van der Waals surface area contributed by atoms with Gasteiger partial charge in [0.05, 0.1) is 0 Å². The van der Waals surface area contributed by atoms with Crippen LogP contribution in [0.3, 0.4) is 0 Å². The molecule has 0 atom stereocenters. The van der Waals surface area contributed by atoms with Crippen molar-refractivity contribution in [2.45, 2.75) is 44.9 Å². The van der Waals surface area contributed by atoms with Gasteiger partial charge >= 0.3 is 11.9 Å². The van der Waals surface area contributed by atoms with E-state index in [0.717, 1.165) is 24.0 Å². The van der Waals surface area contributed by atoms with Gasteiger partial charge in [0.1, 0.15) is 11.5 Å². The van der Waals surface area contributed by atoms with E-state index in [4.69, 9.17) is 9.47 Å². The molecule has 3 aromatic carbocycles. The highest BCUT2D eigenvalue weighted by Crippen LogP contribution is 2.49. The van der Waals surface area contributed by atoms with Crippen LogP contribution in [0.4, 0.5) is 0 Å². The van der Waals surface area contributed by atoms with Crippen LogP contribution >= 0.6 is 0 Å². The third-order valence-electron chi connectivity index (χ3n) is 5.98.